The van der Waals surface area contributed by atoms with Gasteiger partial charge in [0.15, 0.2) is 0 Å². The number of para-hydroxylation sites is 2. The highest BCUT2D eigenvalue weighted by Gasteiger charge is 2.27. The monoisotopic (exact) mass is 594 g/mol. The van der Waals surface area contributed by atoms with Crippen molar-refractivity contribution < 1.29 is 9.53 Å². The molecule has 1 N–H and O–H groups in total. The minimum Gasteiger partial charge on any atom is -0.489 e. The number of nitrogens with one attached hydrogen (secondary N) is 1. The average molecular weight is 596 g/mol. The molecule has 2 heterocycles. The third-order valence-corrected chi connectivity index (χ3v) is 7.80. The van der Waals surface area contributed by atoms with Crippen LogP contribution in [0.15, 0.2) is 108 Å². The van der Waals surface area contributed by atoms with Crippen LogP contribution in [-0.4, -0.2) is 33.4 Å². The van der Waals surface area contributed by atoms with Crippen molar-refractivity contribution in [2.75, 3.05) is 18.4 Å². The molecular formula is C33H31BrN4O2. The highest BCUT2D eigenvalue weighted by atomic mass is 79.9. The first-order valence-electron chi connectivity index (χ1n) is 13.6. The number of hydrogen-bond donors (Lipinski definition) is 1. The van der Waals surface area contributed by atoms with Crippen LogP contribution >= 0.6 is 15.9 Å². The first-order chi connectivity index (χ1) is 19.6. The van der Waals surface area contributed by atoms with Crippen LogP contribution in [0.5, 0.6) is 5.75 Å². The van der Waals surface area contributed by atoms with Gasteiger partial charge >= 0.3 is 0 Å². The van der Waals surface area contributed by atoms with Crippen molar-refractivity contribution in [2.24, 2.45) is 5.92 Å². The third kappa shape index (κ3) is 6.11. The van der Waals surface area contributed by atoms with E-state index in [2.05, 4.69) is 55.0 Å². The van der Waals surface area contributed by atoms with Crippen LogP contribution in [0, 0.1) is 5.92 Å². The fourth-order valence-corrected chi connectivity index (χ4v) is 5.71. The number of aromatic nitrogens is 2. The Morgan fingerprint density at radius 2 is 1.75 bits per heavy atom. The number of benzene rings is 4. The van der Waals surface area contributed by atoms with Crippen molar-refractivity contribution in [1.82, 2.24) is 14.5 Å². The number of fused-ring (bicyclic) bond motifs is 1. The molecule has 6 rings (SSSR count). The van der Waals surface area contributed by atoms with E-state index in [-0.39, 0.29) is 11.8 Å². The van der Waals surface area contributed by atoms with Gasteiger partial charge in [0.05, 0.1) is 23.5 Å². The van der Waals surface area contributed by atoms with Gasteiger partial charge < -0.3 is 10.1 Å². The van der Waals surface area contributed by atoms with Crippen molar-refractivity contribution >= 4 is 38.6 Å². The average Bonchev–Trinajstić information content (AvgIpc) is 3.35. The van der Waals surface area contributed by atoms with Gasteiger partial charge in [-0.15, -0.1) is 0 Å². The van der Waals surface area contributed by atoms with E-state index in [1.54, 1.807) is 0 Å². The summed E-state index contributed by atoms with van der Waals surface area (Å²) >= 11 is 3.61. The number of hydrogen-bond acceptors (Lipinski definition) is 4. The number of carbonyl (C=O) groups is 1. The zero-order valence-electron chi connectivity index (χ0n) is 22.2. The van der Waals surface area contributed by atoms with E-state index >= 15 is 0 Å². The molecule has 0 bridgehead atoms. The number of ether oxygens (including phenoxy) is 1. The molecule has 0 spiro atoms. The molecule has 4 aromatic carbocycles. The van der Waals surface area contributed by atoms with Crippen LogP contribution in [0.3, 0.4) is 0 Å². The summed E-state index contributed by atoms with van der Waals surface area (Å²) in [6, 6.07) is 34.2. The maximum atomic E-state index is 13.2. The number of amides is 1. The van der Waals surface area contributed by atoms with E-state index in [4.69, 9.17) is 9.72 Å². The van der Waals surface area contributed by atoms with E-state index in [1.165, 1.54) is 0 Å². The lowest BCUT2D eigenvalue weighted by atomic mass is 9.97. The molecular weight excluding hydrogens is 564 g/mol. The van der Waals surface area contributed by atoms with Crippen molar-refractivity contribution in [1.29, 1.82) is 0 Å². The molecule has 0 saturated carbocycles. The summed E-state index contributed by atoms with van der Waals surface area (Å²) in [7, 11) is 0. The minimum absolute atomic E-state index is 0.0585. The molecule has 7 heteroatoms. The largest absolute Gasteiger partial charge is 0.489 e. The summed E-state index contributed by atoms with van der Waals surface area (Å²) in [5.74, 6) is 1.74. The lowest BCUT2D eigenvalue weighted by Gasteiger charge is -2.31. The molecule has 1 amide bonds. The van der Waals surface area contributed by atoms with Crippen LogP contribution in [0.4, 0.5) is 5.69 Å². The number of anilines is 1. The lowest BCUT2D eigenvalue weighted by Crippen LogP contribution is -2.40. The van der Waals surface area contributed by atoms with E-state index in [0.717, 1.165) is 63.4 Å². The van der Waals surface area contributed by atoms with Crippen molar-refractivity contribution in [3.63, 3.8) is 0 Å². The Kier molecular flexibility index (Phi) is 7.93. The Hall–Kier alpha value is -3.94. The molecule has 1 atom stereocenters. The Morgan fingerprint density at radius 1 is 0.950 bits per heavy atom. The van der Waals surface area contributed by atoms with Gasteiger partial charge in [0, 0.05) is 22.4 Å². The van der Waals surface area contributed by atoms with Crippen LogP contribution in [-0.2, 0) is 17.9 Å². The second-order valence-electron chi connectivity index (χ2n) is 10.2. The molecule has 1 saturated heterocycles. The van der Waals surface area contributed by atoms with Crippen molar-refractivity contribution in [3.05, 3.63) is 119 Å². The minimum atomic E-state index is -0.0774. The molecule has 202 valence electrons. The molecule has 0 aliphatic carbocycles. The highest BCUT2D eigenvalue weighted by Crippen LogP contribution is 2.27. The maximum Gasteiger partial charge on any atom is 0.228 e. The molecule has 1 aromatic heterocycles. The molecule has 5 aromatic rings. The second-order valence-corrected chi connectivity index (χ2v) is 11.1. The number of imidazole rings is 1. The highest BCUT2D eigenvalue weighted by molar-refractivity contribution is 9.10. The zero-order chi connectivity index (χ0) is 27.3. The topological polar surface area (TPSA) is 59.4 Å². The molecule has 1 fully saturated rings. The third-order valence-electron chi connectivity index (χ3n) is 7.31. The summed E-state index contributed by atoms with van der Waals surface area (Å²) in [6.07, 6.45) is 1.85. The Balaban J connectivity index is 1.11. The summed E-state index contributed by atoms with van der Waals surface area (Å²) in [5, 5.41) is 3.11. The maximum absolute atomic E-state index is 13.2. The van der Waals surface area contributed by atoms with Gasteiger partial charge in [-0.2, -0.15) is 0 Å². The number of likely N-dealkylation sites (tertiary alicyclic amines) is 1. The zero-order valence-corrected chi connectivity index (χ0v) is 23.8. The molecule has 0 unspecified atom stereocenters. The van der Waals surface area contributed by atoms with E-state index in [0.29, 0.717) is 19.7 Å². The predicted molar refractivity (Wildman–Crippen MR) is 163 cm³/mol. The molecule has 1 aliphatic heterocycles. The van der Waals surface area contributed by atoms with Crippen molar-refractivity contribution in [2.45, 2.75) is 26.0 Å². The van der Waals surface area contributed by atoms with Gasteiger partial charge in [-0.1, -0.05) is 64.5 Å². The molecule has 40 heavy (non-hydrogen) atoms. The van der Waals surface area contributed by atoms with Gasteiger partial charge in [-0.05, 0) is 79.5 Å². The summed E-state index contributed by atoms with van der Waals surface area (Å²) < 4.78 is 9.13. The van der Waals surface area contributed by atoms with Crippen LogP contribution in [0.2, 0.25) is 0 Å². The van der Waals surface area contributed by atoms with Gasteiger partial charge in [0.2, 0.25) is 5.91 Å². The Bertz CT molecular complexity index is 1600. The van der Waals surface area contributed by atoms with Gasteiger partial charge in [-0.25, -0.2) is 4.98 Å². The van der Waals surface area contributed by atoms with Gasteiger partial charge in [0.25, 0.3) is 0 Å². The second kappa shape index (κ2) is 12.1. The molecule has 0 radical (unpaired) electrons. The van der Waals surface area contributed by atoms with E-state index < -0.39 is 0 Å². The smallest absolute Gasteiger partial charge is 0.228 e. The first-order valence-corrected chi connectivity index (χ1v) is 14.4. The number of nitrogens with zero attached hydrogens (tertiary/aromatic N) is 3. The Labute approximate surface area is 242 Å². The van der Waals surface area contributed by atoms with E-state index in [1.807, 2.05) is 78.9 Å². The number of piperidine rings is 1. The number of halogens is 1. The lowest BCUT2D eigenvalue weighted by molar-refractivity contribution is -0.121. The van der Waals surface area contributed by atoms with Gasteiger partial charge in [0.1, 0.15) is 18.2 Å². The predicted octanol–water partition coefficient (Wildman–Crippen LogP) is 7.22. The summed E-state index contributed by atoms with van der Waals surface area (Å²) in [6.45, 7) is 2.84. The number of carbonyl (C=O) groups excluding carboxylic acids is 1. The summed E-state index contributed by atoms with van der Waals surface area (Å²) in [4.78, 5) is 20.6. The molecule has 1 aliphatic rings. The number of rotatable bonds is 8. The Morgan fingerprint density at radius 3 is 2.58 bits per heavy atom. The normalized spacial score (nSPS) is 15.7. The van der Waals surface area contributed by atoms with Gasteiger partial charge in [-0.3, -0.25) is 14.3 Å². The van der Waals surface area contributed by atoms with Crippen LogP contribution in [0.1, 0.15) is 24.2 Å². The quantitative estimate of drug-likeness (QED) is 0.206. The van der Waals surface area contributed by atoms with Crippen LogP contribution in [0.25, 0.3) is 16.7 Å². The first kappa shape index (κ1) is 26.3. The SMILES string of the molecule is O=C(Nc1ccc(OCc2ccccc2)cc1)[C@H]1CCCN(Cc2nc3ccccc3n2-c2cccc(Br)c2)C1. The van der Waals surface area contributed by atoms with Crippen LogP contribution < -0.4 is 10.1 Å². The summed E-state index contributed by atoms with van der Waals surface area (Å²) in [5.41, 5.74) is 5.03. The van der Waals surface area contributed by atoms with E-state index in [9.17, 15) is 4.79 Å². The molecule has 6 nitrogen and oxygen atoms in total. The standard InChI is InChI=1S/C33H31BrN4O2/c34-26-11-6-12-28(20-26)38-31-14-5-4-13-30(31)36-32(38)22-37-19-7-10-25(21-37)33(39)35-27-15-17-29(18-16-27)40-23-24-8-2-1-3-9-24/h1-6,8-9,11-18,20,25H,7,10,19,21-23H2,(H,35,39)/t25-/m0/s1. The van der Waals surface area contributed by atoms with Crippen molar-refractivity contribution in [3.8, 4) is 11.4 Å². The fourth-order valence-electron chi connectivity index (χ4n) is 5.32. The fraction of sp³-hybridized carbons (Fsp3) is 0.212.